The summed E-state index contributed by atoms with van der Waals surface area (Å²) in [7, 11) is 0. The largest absolute Gasteiger partial charge is 0.393 e. The lowest BCUT2D eigenvalue weighted by atomic mass is 10.0. The van der Waals surface area contributed by atoms with Gasteiger partial charge in [-0.05, 0) is 31.4 Å². The van der Waals surface area contributed by atoms with E-state index < -0.39 is 6.10 Å². The highest BCUT2D eigenvalue weighted by Gasteiger charge is 2.18. The van der Waals surface area contributed by atoms with Gasteiger partial charge in [-0.1, -0.05) is 42.8 Å². The van der Waals surface area contributed by atoms with E-state index in [4.69, 9.17) is 11.6 Å². The molecule has 2 rings (SSSR count). The maximum absolute atomic E-state index is 12.2. The lowest BCUT2D eigenvalue weighted by molar-refractivity contribution is 0.0915. The third kappa shape index (κ3) is 4.09. The maximum Gasteiger partial charge on any atom is 0.273 e. The Morgan fingerprint density at radius 1 is 1.39 bits per heavy atom. The number of benzene rings is 1. The van der Waals surface area contributed by atoms with Crippen LogP contribution in [0, 0.1) is 12.8 Å². The molecular formula is C16H21ClN4O2. The molecule has 0 aliphatic carbocycles. The van der Waals surface area contributed by atoms with Crippen LogP contribution in [0.4, 0.5) is 0 Å². The Kier molecular flexibility index (Phi) is 5.74. The second-order valence-corrected chi connectivity index (χ2v) is 6.15. The molecule has 0 aliphatic rings. The number of carbonyl (C=O) groups excluding carboxylic acids is 1. The first-order valence-corrected chi connectivity index (χ1v) is 7.93. The summed E-state index contributed by atoms with van der Waals surface area (Å²) < 4.78 is 1.54. The minimum atomic E-state index is -0.435. The number of nitrogens with one attached hydrogen (secondary N) is 1. The predicted octanol–water partition coefficient (Wildman–Crippen LogP) is 2.37. The lowest BCUT2D eigenvalue weighted by Crippen LogP contribution is -2.29. The Labute approximate surface area is 140 Å². The summed E-state index contributed by atoms with van der Waals surface area (Å²) in [5, 5.41) is 21.0. The molecule has 0 aliphatic heterocycles. The molecular weight excluding hydrogens is 316 g/mol. The Balaban J connectivity index is 2.07. The fraction of sp³-hybridized carbons (Fsp3) is 0.438. The van der Waals surface area contributed by atoms with Gasteiger partial charge in [-0.3, -0.25) is 4.79 Å². The zero-order valence-corrected chi connectivity index (χ0v) is 14.2. The van der Waals surface area contributed by atoms with Gasteiger partial charge in [-0.25, -0.2) is 4.68 Å². The van der Waals surface area contributed by atoms with Crippen LogP contribution in [0.25, 0.3) is 5.69 Å². The highest BCUT2D eigenvalue weighted by molar-refractivity contribution is 6.32. The van der Waals surface area contributed by atoms with Gasteiger partial charge in [0.15, 0.2) is 5.69 Å². The average molecular weight is 337 g/mol. The van der Waals surface area contributed by atoms with Gasteiger partial charge in [-0.15, -0.1) is 5.10 Å². The molecule has 6 nitrogen and oxygen atoms in total. The number of para-hydroxylation sites is 1. The molecule has 0 radical (unpaired) electrons. The molecule has 0 saturated heterocycles. The number of aliphatic hydroxyl groups excluding tert-OH is 1. The van der Waals surface area contributed by atoms with Crippen LogP contribution in [-0.4, -0.2) is 38.7 Å². The van der Waals surface area contributed by atoms with Crippen molar-refractivity contribution in [2.75, 3.05) is 6.54 Å². The van der Waals surface area contributed by atoms with Crippen LogP contribution in [0.15, 0.2) is 24.3 Å². The molecule has 2 aromatic rings. The van der Waals surface area contributed by atoms with Gasteiger partial charge in [0.2, 0.25) is 0 Å². The second kappa shape index (κ2) is 7.57. The van der Waals surface area contributed by atoms with E-state index in [0.717, 1.165) is 0 Å². The van der Waals surface area contributed by atoms with Crippen LogP contribution in [0.5, 0.6) is 0 Å². The van der Waals surface area contributed by atoms with E-state index in [1.165, 1.54) is 0 Å². The monoisotopic (exact) mass is 336 g/mol. The quantitative estimate of drug-likeness (QED) is 0.848. The molecule has 0 bridgehead atoms. The summed E-state index contributed by atoms with van der Waals surface area (Å²) in [4.78, 5) is 12.2. The summed E-state index contributed by atoms with van der Waals surface area (Å²) in [6.07, 6.45) is 0.0661. The molecule has 7 heteroatoms. The third-order valence-corrected chi connectivity index (χ3v) is 4.01. The first-order valence-electron chi connectivity index (χ1n) is 7.55. The Morgan fingerprint density at radius 2 is 2.09 bits per heavy atom. The van der Waals surface area contributed by atoms with Gasteiger partial charge < -0.3 is 10.4 Å². The molecule has 0 fully saturated rings. The fourth-order valence-corrected chi connectivity index (χ4v) is 2.36. The molecule has 0 spiro atoms. The number of hydrogen-bond donors (Lipinski definition) is 2. The zero-order valence-electron chi connectivity index (χ0n) is 13.5. The second-order valence-electron chi connectivity index (χ2n) is 5.74. The molecule has 1 heterocycles. The van der Waals surface area contributed by atoms with Gasteiger partial charge >= 0.3 is 0 Å². The third-order valence-electron chi connectivity index (χ3n) is 3.69. The van der Waals surface area contributed by atoms with Crippen LogP contribution in [0.1, 0.15) is 36.5 Å². The number of aromatic nitrogens is 3. The van der Waals surface area contributed by atoms with E-state index in [0.29, 0.717) is 29.4 Å². The molecule has 0 saturated carbocycles. The highest BCUT2D eigenvalue weighted by Crippen LogP contribution is 2.21. The van der Waals surface area contributed by atoms with E-state index in [2.05, 4.69) is 15.6 Å². The molecule has 1 atom stereocenters. The minimum Gasteiger partial charge on any atom is -0.393 e. The topological polar surface area (TPSA) is 80.0 Å². The molecule has 1 amide bonds. The fourth-order valence-electron chi connectivity index (χ4n) is 2.14. The summed E-state index contributed by atoms with van der Waals surface area (Å²) in [5.41, 5.74) is 1.54. The molecule has 124 valence electrons. The molecule has 2 N–H and O–H groups in total. The van der Waals surface area contributed by atoms with Crippen molar-refractivity contribution in [3.63, 3.8) is 0 Å². The summed E-state index contributed by atoms with van der Waals surface area (Å²) >= 11 is 6.15. The van der Waals surface area contributed by atoms with Crippen molar-refractivity contribution in [2.45, 2.75) is 33.3 Å². The minimum absolute atomic E-state index is 0.162. The molecule has 1 unspecified atom stereocenters. The maximum atomic E-state index is 12.2. The van der Waals surface area contributed by atoms with Crippen molar-refractivity contribution >= 4 is 17.5 Å². The Bertz CT molecular complexity index is 684. The first kappa shape index (κ1) is 17.4. The number of amides is 1. The average Bonchev–Trinajstić information content (AvgIpc) is 2.89. The standard InChI is InChI=1S/C16H21ClN4O2/c1-10(2)14(22)8-9-18-16(23)15-11(3)21(20-19-15)13-7-5-4-6-12(13)17/h4-7,10,14,22H,8-9H2,1-3H3,(H,18,23). The van der Waals surface area contributed by atoms with E-state index in [1.807, 2.05) is 32.0 Å². The number of aliphatic hydroxyl groups is 1. The van der Waals surface area contributed by atoms with Gasteiger partial charge in [0, 0.05) is 6.54 Å². The number of hydrogen-bond acceptors (Lipinski definition) is 4. The number of halogens is 1. The number of carbonyl (C=O) groups is 1. The molecule has 1 aromatic heterocycles. The molecule has 1 aromatic carbocycles. The van der Waals surface area contributed by atoms with Crippen molar-refractivity contribution in [3.8, 4) is 5.69 Å². The Morgan fingerprint density at radius 3 is 2.74 bits per heavy atom. The SMILES string of the molecule is Cc1c(C(=O)NCCC(O)C(C)C)nnn1-c1ccccc1Cl. The normalized spacial score (nSPS) is 12.4. The van der Waals surface area contributed by atoms with Crippen LogP contribution in [0.3, 0.4) is 0 Å². The highest BCUT2D eigenvalue weighted by atomic mass is 35.5. The van der Waals surface area contributed by atoms with E-state index >= 15 is 0 Å². The smallest absolute Gasteiger partial charge is 0.273 e. The summed E-state index contributed by atoms with van der Waals surface area (Å²) in [5.74, 6) is -0.147. The van der Waals surface area contributed by atoms with Gasteiger partial charge in [-0.2, -0.15) is 0 Å². The van der Waals surface area contributed by atoms with Crippen molar-refractivity contribution in [1.29, 1.82) is 0 Å². The Hall–Kier alpha value is -1.92. The van der Waals surface area contributed by atoms with Gasteiger partial charge in [0.25, 0.3) is 5.91 Å². The van der Waals surface area contributed by atoms with Crippen molar-refractivity contribution in [1.82, 2.24) is 20.3 Å². The summed E-state index contributed by atoms with van der Waals surface area (Å²) in [6.45, 7) is 6.02. The number of nitrogens with zero attached hydrogens (tertiary/aromatic N) is 3. The van der Waals surface area contributed by atoms with E-state index in [1.54, 1.807) is 17.7 Å². The number of rotatable bonds is 6. The van der Waals surface area contributed by atoms with Crippen LogP contribution >= 0.6 is 11.6 Å². The van der Waals surface area contributed by atoms with Crippen molar-refractivity contribution in [3.05, 3.63) is 40.7 Å². The molecule has 23 heavy (non-hydrogen) atoms. The van der Waals surface area contributed by atoms with Crippen molar-refractivity contribution < 1.29 is 9.90 Å². The van der Waals surface area contributed by atoms with E-state index in [9.17, 15) is 9.90 Å². The van der Waals surface area contributed by atoms with Crippen LogP contribution < -0.4 is 5.32 Å². The lowest BCUT2D eigenvalue weighted by Gasteiger charge is -2.14. The van der Waals surface area contributed by atoms with Gasteiger partial charge in [0.1, 0.15) is 0 Å². The van der Waals surface area contributed by atoms with Gasteiger partial charge in [0.05, 0.1) is 22.5 Å². The zero-order chi connectivity index (χ0) is 17.0. The van der Waals surface area contributed by atoms with Crippen LogP contribution in [0.2, 0.25) is 5.02 Å². The van der Waals surface area contributed by atoms with Crippen LogP contribution in [-0.2, 0) is 0 Å². The first-order chi connectivity index (χ1) is 10.9. The summed E-state index contributed by atoms with van der Waals surface area (Å²) in [6, 6.07) is 7.23. The van der Waals surface area contributed by atoms with E-state index in [-0.39, 0.29) is 17.5 Å². The van der Waals surface area contributed by atoms with Crippen molar-refractivity contribution in [2.24, 2.45) is 5.92 Å². The predicted molar refractivity (Wildman–Crippen MR) is 88.9 cm³/mol.